The van der Waals surface area contributed by atoms with Crippen molar-refractivity contribution in [3.05, 3.63) is 0 Å². The smallest absolute Gasteiger partial charge is 0.550 e. The molecule has 0 rings (SSSR count). The predicted molar refractivity (Wildman–Crippen MR) is 40.1 cm³/mol. The zero-order chi connectivity index (χ0) is 9.44. The molecule has 0 aromatic rings. The molecule has 0 radical (unpaired) electrons. The summed E-state index contributed by atoms with van der Waals surface area (Å²) in [5, 5.41) is 16.9. The quantitative estimate of drug-likeness (QED) is 0.308. The summed E-state index contributed by atoms with van der Waals surface area (Å²) < 4.78 is 0. The van der Waals surface area contributed by atoms with Crippen LogP contribution in [0.15, 0.2) is 0 Å². The molecular weight excluding hydrogens is 193 g/mol. The first kappa shape index (κ1) is 18.1. The normalized spacial score (nSPS) is 9.92. The molecule has 0 aromatic heterocycles. The number of carboxylic acid groups (broad SMARTS) is 2. The van der Waals surface area contributed by atoms with Crippen molar-refractivity contribution >= 4 is 24.6 Å². The van der Waals surface area contributed by atoms with Gasteiger partial charge in [-0.15, -0.1) is 0 Å². The Bertz CT molecular complexity index is 139. The monoisotopic (exact) mass is 203 g/mol. The standard InChI is InChI=1S/C3H7NO2S.C2H4O2.Na/c4-2(1-7)3(5)6;1-2(3)4;/h2,7H,1,4H2,(H,5,6);1H3,(H,3,4);/q;;+1/p-1/t2-;;/m0../s1. The minimum absolute atomic E-state index is 0. The summed E-state index contributed by atoms with van der Waals surface area (Å²) in [6.07, 6.45) is 0. The van der Waals surface area contributed by atoms with Crippen molar-refractivity contribution in [3.63, 3.8) is 0 Å². The first-order chi connectivity index (χ1) is 4.91. The Balaban J connectivity index is -0.000000142. The van der Waals surface area contributed by atoms with E-state index in [1.165, 1.54) is 0 Å². The molecule has 7 heteroatoms. The summed E-state index contributed by atoms with van der Waals surface area (Å²) in [4.78, 5) is 18.6. The first-order valence-corrected chi connectivity index (χ1v) is 3.31. The van der Waals surface area contributed by atoms with Gasteiger partial charge in [-0.05, 0) is 6.92 Å². The number of hydrogen-bond acceptors (Lipinski definition) is 5. The largest absolute Gasteiger partial charge is 1.00 e. The van der Waals surface area contributed by atoms with Crippen LogP contribution in [0.3, 0.4) is 0 Å². The summed E-state index contributed by atoms with van der Waals surface area (Å²) in [6.45, 7) is 0.972. The van der Waals surface area contributed by atoms with Crippen molar-refractivity contribution in [2.24, 2.45) is 5.73 Å². The topological polar surface area (TPSA) is 103 Å². The Morgan fingerprint density at radius 2 is 1.92 bits per heavy atom. The summed E-state index contributed by atoms with van der Waals surface area (Å²) in [5.74, 6) is -1.90. The van der Waals surface area contributed by atoms with Crippen molar-refractivity contribution in [2.75, 3.05) is 5.75 Å². The summed E-state index contributed by atoms with van der Waals surface area (Å²) >= 11 is 3.65. The van der Waals surface area contributed by atoms with Gasteiger partial charge in [0.05, 0.1) is 0 Å². The number of carbonyl (C=O) groups excluding carboxylic acids is 1. The average Bonchev–Trinajstić information content (AvgIpc) is 1.85. The average molecular weight is 203 g/mol. The second kappa shape index (κ2) is 11.2. The van der Waals surface area contributed by atoms with Crippen molar-refractivity contribution in [1.82, 2.24) is 0 Å². The Kier molecular flexibility index (Phi) is 17.0. The van der Waals surface area contributed by atoms with E-state index in [9.17, 15) is 4.79 Å². The Morgan fingerprint density at radius 1 is 1.67 bits per heavy atom. The number of nitrogens with two attached hydrogens (primary N) is 1. The van der Waals surface area contributed by atoms with Crippen molar-refractivity contribution in [3.8, 4) is 0 Å². The van der Waals surface area contributed by atoms with Crippen LogP contribution in [0.1, 0.15) is 6.92 Å². The van der Waals surface area contributed by atoms with Gasteiger partial charge in [0.2, 0.25) is 0 Å². The molecule has 0 saturated heterocycles. The summed E-state index contributed by atoms with van der Waals surface area (Å²) in [6, 6.07) is -0.816. The van der Waals surface area contributed by atoms with Crippen molar-refractivity contribution in [2.45, 2.75) is 13.0 Å². The number of hydrogen-bond donors (Lipinski definition) is 3. The van der Waals surface area contributed by atoms with Gasteiger partial charge in [0.1, 0.15) is 6.04 Å². The fourth-order valence-electron chi connectivity index (χ4n) is 0.0781. The molecule has 0 aliphatic carbocycles. The van der Waals surface area contributed by atoms with E-state index in [2.05, 4.69) is 12.6 Å². The zero-order valence-corrected chi connectivity index (χ0v) is 9.88. The van der Waals surface area contributed by atoms with Crippen LogP contribution in [-0.2, 0) is 9.59 Å². The van der Waals surface area contributed by atoms with Crippen LogP contribution in [0.4, 0.5) is 0 Å². The number of thiol groups is 1. The number of aliphatic carboxylic acids is 2. The third kappa shape index (κ3) is 22.5. The predicted octanol–water partition coefficient (Wildman–Crippen LogP) is -4.91. The Hall–Kier alpha value is 0.250. The number of carbonyl (C=O) groups is 2. The third-order valence-corrected chi connectivity index (χ3v) is 0.907. The molecule has 12 heavy (non-hydrogen) atoms. The fourth-order valence-corrected chi connectivity index (χ4v) is 0.234. The van der Waals surface area contributed by atoms with Gasteiger partial charge in [-0.25, -0.2) is 0 Å². The van der Waals surface area contributed by atoms with Crippen LogP contribution in [0, 0.1) is 0 Å². The molecule has 1 atom stereocenters. The van der Waals surface area contributed by atoms with Gasteiger partial charge >= 0.3 is 35.5 Å². The molecule has 0 aromatic carbocycles. The van der Waals surface area contributed by atoms with Crippen LogP contribution in [-0.4, -0.2) is 28.8 Å². The molecule has 0 saturated carbocycles. The number of rotatable bonds is 2. The maximum Gasteiger partial charge on any atom is 1.00 e. The summed E-state index contributed by atoms with van der Waals surface area (Å²) in [7, 11) is 0. The van der Waals surface area contributed by atoms with E-state index in [4.69, 9.17) is 20.7 Å². The first-order valence-electron chi connectivity index (χ1n) is 2.68. The van der Waals surface area contributed by atoms with E-state index in [1.807, 2.05) is 0 Å². The van der Waals surface area contributed by atoms with Crippen LogP contribution < -0.4 is 40.4 Å². The molecule has 3 N–H and O–H groups in total. The Labute approximate surface area is 98.0 Å². The second-order valence-electron chi connectivity index (χ2n) is 1.62. The van der Waals surface area contributed by atoms with Crippen LogP contribution in [0.2, 0.25) is 0 Å². The Morgan fingerprint density at radius 3 is 1.92 bits per heavy atom. The van der Waals surface area contributed by atoms with Gasteiger partial charge in [-0.3, -0.25) is 4.79 Å². The van der Waals surface area contributed by atoms with Crippen LogP contribution in [0.5, 0.6) is 0 Å². The van der Waals surface area contributed by atoms with Crippen LogP contribution >= 0.6 is 12.6 Å². The third-order valence-electron chi connectivity index (χ3n) is 0.514. The SMILES string of the molecule is CC(=O)[O-].N[C@@H](CS)C(=O)O.[Na+]. The maximum atomic E-state index is 9.76. The molecule has 0 spiro atoms. The van der Waals surface area contributed by atoms with Crippen LogP contribution in [0.25, 0.3) is 0 Å². The fraction of sp³-hybridized carbons (Fsp3) is 0.600. The zero-order valence-electron chi connectivity index (χ0n) is 6.98. The van der Waals surface area contributed by atoms with Gasteiger partial charge in [-0.2, -0.15) is 12.6 Å². The van der Waals surface area contributed by atoms with E-state index >= 15 is 0 Å². The molecule has 0 fully saturated rings. The molecule has 0 bridgehead atoms. The minimum Gasteiger partial charge on any atom is -0.550 e. The van der Waals surface area contributed by atoms with Crippen molar-refractivity contribution in [1.29, 1.82) is 0 Å². The molecule has 5 nitrogen and oxygen atoms in total. The van der Waals surface area contributed by atoms with E-state index in [0.717, 1.165) is 6.92 Å². The van der Waals surface area contributed by atoms with E-state index in [-0.39, 0.29) is 35.3 Å². The van der Waals surface area contributed by atoms with Gasteiger partial charge in [0.15, 0.2) is 0 Å². The minimum atomic E-state index is -1.08. The van der Waals surface area contributed by atoms with Gasteiger partial charge in [0.25, 0.3) is 0 Å². The van der Waals surface area contributed by atoms with Gasteiger partial charge in [-0.1, -0.05) is 0 Å². The molecule has 0 aliphatic rings. The second-order valence-corrected chi connectivity index (χ2v) is 1.98. The molecule has 66 valence electrons. The molecule has 0 unspecified atom stereocenters. The summed E-state index contributed by atoms with van der Waals surface area (Å²) in [5.41, 5.74) is 4.94. The van der Waals surface area contributed by atoms with Gasteiger partial charge < -0.3 is 20.7 Å². The molecule has 0 aliphatic heterocycles. The molecule has 0 amide bonds. The van der Waals surface area contributed by atoms with Crippen molar-refractivity contribution < 1.29 is 49.4 Å². The van der Waals surface area contributed by atoms with E-state index in [1.54, 1.807) is 0 Å². The van der Waals surface area contributed by atoms with E-state index < -0.39 is 18.0 Å². The van der Waals surface area contributed by atoms with E-state index in [0.29, 0.717) is 0 Å². The number of carboxylic acids is 2. The van der Waals surface area contributed by atoms with Gasteiger partial charge in [0, 0.05) is 11.7 Å². The molecular formula is C5H10NNaO4S. The maximum absolute atomic E-state index is 9.76. The molecule has 0 heterocycles.